The van der Waals surface area contributed by atoms with Gasteiger partial charge >= 0.3 is 0 Å². The molecule has 0 unspecified atom stereocenters. The van der Waals surface area contributed by atoms with Crippen LogP contribution in [0.3, 0.4) is 0 Å². The lowest BCUT2D eigenvalue weighted by Crippen LogP contribution is -2.20. The highest BCUT2D eigenvalue weighted by molar-refractivity contribution is 9.10. The van der Waals surface area contributed by atoms with Crippen LogP contribution in [0.25, 0.3) is 0 Å². The third-order valence-corrected chi connectivity index (χ3v) is 5.62. The zero-order chi connectivity index (χ0) is 24.7. The molecule has 176 valence electrons. The molecular weight excluding hydrogens is 502 g/mol. The number of carbonyl (C=O) groups excluding carboxylic acids is 1. The number of methoxy groups -OCH3 is 1. The molecule has 0 aliphatic carbocycles. The van der Waals surface area contributed by atoms with Gasteiger partial charge in [0, 0.05) is 12.1 Å². The van der Waals surface area contributed by atoms with Gasteiger partial charge in [0.25, 0.3) is 5.69 Å². The maximum atomic E-state index is 12.2. The van der Waals surface area contributed by atoms with Crippen molar-refractivity contribution < 1.29 is 19.2 Å². The van der Waals surface area contributed by atoms with E-state index in [1.54, 1.807) is 24.3 Å². The number of benzene rings is 3. The van der Waals surface area contributed by atoms with Gasteiger partial charge in [-0.3, -0.25) is 14.9 Å². The second-order valence-corrected chi connectivity index (χ2v) is 8.50. The van der Waals surface area contributed by atoms with Crippen molar-refractivity contribution in [2.24, 2.45) is 5.10 Å². The molecule has 3 aromatic carbocycles. The van der Waals surface area contributed by atoms with E-state index in [0.29, 0.717) is 21.5 Å². The lowest BCUT2D eigenvalue weighted by Gasteiger charge is -2.13. The fraction of sp³-hybridized carbons (Fsp3) is 0.200. The number of rotatable bonds is 9. The number of halogens is 1. The van der Waals surface area contributed by atoms with Crippen molar-refractivity contribution in [2.75, 3.05) is 7.11 Å². The van der Waals surface area contributed by atoms with Gasteiger partial charge in [-0.1, -0.05) is 23.8 Å². The summed E-state index contributed by atoms with van der Waals surface area (Å²) < 4.78 is 12.0. The first-order valence-electron chi connectivity index (χ1n) is 10.4. The van der Waals surface area contributed by atoms with Crippen molar-refractivity contribution in [1.82, 2.24) is 5.43 Å². The zero-order valence-electron chi connectivity index (χ0n) is 19.0. The Morgan fingerprint density at radius 2 is 1.88 bits per heavy atom. The number of hydrogen-bond donors (Lipinski definition) is 1. The van der Waals surface area contributed by atoms with Crippen LogP contribution in [0.2, 0.25) is 0 Å². The van der Waals surface area contributed by atoms with Crippen LogP contribution >= 0.6 is 15.9 Å². The molecule has 0 fully saturated rings. The standard InChI is InChI=1S/C25H24BrN3O5/c1-16-4-7-20(17(2)10-16)13-24(30)28-27-14-19-11-22(26)25(23(12-19)33-3)34-15-18-5-8-21(9-6-18)29(31)32/h4-12,14H,13,15H2,1-3H3,(H,28,30)/b27-14-. The van der Waals surface area contributed by atoms with Gasteiger partial charge in [-0.05, 0) is 76.3 Å². The Kier molecular flexibility index (Phi) is 8.37. The minimum Gasteiger partial charge on any atom is -0.493 e. The fourth-order valence-corrected chi connectivity index (χ4v) is 3.83. The Labute approximate surface area is 205 Å². The molecule has 0 aliphatic rings. The average Bonchev–Trinajstić information content (AvgIpc) is 2.80. The van der Waals surface area contributed by atoms with Gasteiger partial charge in [-0.25, -0.2) is 5.43 Å². The first kappa shape index (κ1) is 24.9. The molecule has 8 nitrogen and oxygen atoms in total. The van der Waals surface area contributed by atoms with Gasteiger partial charge < -0.3 is 9.47 Å². The van der Waals surface area contributed by atoms with Crippen LogP contribution in [0, 0.1) is 24.0 Å². The molecular formula is C25H24BrN3O5. The van der Waals surface area contributed by atoms with Crippen LogP contribution in [0.4, 0.5) is 5.69 Å². The number of aryl methyl sites for hydroxylation is 2. The second-order valence-electron chi connectivity index (χ2n) is 7.65. The zero-order valence-corrected chi connectivity index (χ0v) is 20.6. The summed E-state index contributed by atoms with van der Waals surface area (Å²) >= 11 is 3.48. The minimum atomic E-state index is -0.448. The first-order valence-corrected chi connectivity index (χ1v) is 11.2. The molecule has 0 radical (unpaired) electrons. The molecule has 0 atom stereocenters. The molecule has 0 bridgehead atoms. The van der Waals surface area contributed by atoms with Gasteiger partial charge in [0.05, 0.1) is 29.1 Å². The number of hydrogen-bond acceptors (Lipinski definition) is 6. The maximum Gasteiger partial charge on any atom is 0.269 e. The van der Waals surface area contributed by atoms with E-state index >= 15 is 0 Å². The van der Waals surface area contributed by atoms with Crippen molar-refractivity contribution in [3.05, 3.63) is 97.0 Å². The van der Waals surface area contributed by atoms with Crippen LogP contribution in [0.1, 0.15) is 27.8 Å². The van der Waals surface area contributed by atoms with Crippen molar-refractivity contribution in [2.45, 2.75) is 26.9 Å². The Balaban J connectivity index is 1.63. The summed E-state index contributed by atoms with van der Waals surface area (Å²) in [4.78, 5) is 22.6. The van der Waals surface area contributed by atoms with Crippen LogP contribution in [0.5, 0.6) is 11.5 Å². The number of hydrazone groups is 1. The molecule has 34 heavy (non-hydrogen) atoms. The predicted octanol–water partition coefficient (Wildman–Crippen LogP) is 5.25. The van der Waals surface area contributed by atoms with Crippen LogP contribution in [-0.2, 0) is 17.8 Å². The van der Waals surface area contributed by atoms with E-state index in [1.165, 1.54) is 25.5 Å². The fourth-order valence-electron chi connectivity index (χ4n) is 3.26. The van der Waals surface area contributed by atoms with Gasteiger partial charge in [-0.2, -0.15) is 5.10 Å². The molecule has 0 spiro atoms. The van der Waals surface area contributed by atoms with Crippen molar-refractivity contribution in [1.29, 1.82) is 0 Å². The number of nitrogens with zero attached hydrogens (tertiary/aromatic N) is 2. The predicted molar refractivity (Wildman–Crippen MR) is 133 cm³/mol. The number of nitro groups is 1. The van der Waals surface area contributed by atoms with E-state index in [1.807, 2.05) is 32.0 Å². The monoisotopic (exact) mass is 525 g/mol. The lowest BCUT2D eigenvalue weighted by molar-refractivity contribution is -0.384. The SMILES string of the molecule is COc1cc(/C=N\NC(=O)Cc2ccc(C)cc2C)cc(Br)c1OCc1ccc([N+](=O)[O-])cc1. The summed E-state index contributed by atoms with van der Waals surface area (Å²) in [5, 5.41) is 14.8. The van der Waals surface area contributed by atoms with Crippen molar-refractivity contribution >= 4 is 33.7 Å². The molecule has 0 aliphatic heterocycles. The topological polar surface area (TPSA) is 103 Å². The Hall–Kier alpha value is -3.72. The van der Waals surface area contributed by atoms with E-state index in [-0.39, 0.29) is 24.6 Å². The lowest BCUT2D eigenvalue weighted by atomic mass is 10.0. The Morgan fingerprint density at radius 3 is 2.53 bits per heavy atom. The third-order valence-electron chi connectivity index (χ3n) is 5.03. The number of carbonyl (C=O) groups is 1. The van der Waals surface area contributed by atoms with Crippen LogP contribution < -0.4 is 14.9 Å². The molecule has 3 aromatic rings. The number of nitro benzene ring substituents is 1. The Morgan fingerprint density at radius 1 is 1.15 bits per heavy atom. The first-order chi connectivity index (χ1) is 16.3. The smallest absolute Gasteiger partial charge is 0.269 e. The summed E-state index contributed by atoms with van der Waals surface area (Å²) in [6.07, 6.45) is 1.76. The highest BCUT2D eigenvalue weighted by atomic mass is 79.9. The summed E-state index contributed by atoms with van der Waals surface area (Å²) in [6, 6.07) is 15.6. The summed E-state index contributed by atoms with van der Waals surface area (Å²) in [6.45, 7) is 4.20. The quantitative estimate of drug-likeness (QED) is 0.233. The van der Waals surface area contributed by atoms with E-state index in [2.05, 4.69) is 26.5 Å². The van der Waals surface area contributed by atoms with E-state index in [0.717, 1.165) is 22.3 Å². The molecule has 9 heteroatoms. The summed E-state index contributed by atoms with van der Waals surface area (Å²) in [5.74, 6) is 0.744. The van der Waals surface area contributed by atoms with Crippen LogP contribution in [-0.4, -0.2) is 24.2 Å². The van der Waals surface area contributed by atoms with Crippen molar-refractivity contribution in [3.8, 4) is 11.5 Å². The summed E-state index contributed by atoms with van der Waals surface area (Å²) in [7, 11) is 1.52. The second kappa shape index (κ2) is 11.4. The molecule has 1 N–H and O–H groups in total. The largest absolute Gasteiger partial charge is 0.493 e. The third kappa shape index (κ3) is 6.64. The van der Waals surface area contributed by atoms with Gasteiger partial charge in [0.1, 0.15) is 6.61 Å². The average molecular weight is 526 g/mol. The van der Waals surface area contributed by atoms with E-state index < -0.39 is 4.92 Å². The summed E-state index contributed by atoms with van der Waals surface area (Å²) in [5.41, 5.74) is 7.21. The highest BCUT2D eigenvalue weighted by Crippen LogP contribution is 2.37. The number of ether oxygens (including phenoxy) is 2. The molecule has 0 saturated heterocycles. The van der Waals surface area contributed by atoms with E-state index in [9.17, 15) is 14.9 Å². The number of nitrogens with one attached hydrogen (secondary N) is 1. The highest BCUT2D eigenvalue weighted by Gasteiger charge is 2.13. The normalized spacial score (nSPS) is 10.8. The van der Waals surface area contributed by atoms with Gasteiger partial charge in [-0.15, -0.1) is 0 Å². The minimum absolute atomic E-state index is 0.0206. The molecule has 3 rings (SSSR count). The molecule has 1 amide bonds. The molecule has 0 saturated carbocycles. The number of non-ortho nitro benzene ring substituents is 1. The molecule has 0 aromatic heterocycles. The van der Waals surface area contributed by atoms with Crippen molar-refractivity contribution in [3.63, 3.8) is 0 Å². The van der Waals surface area contributed by atoms with Crippen LogP contribution in [0.15, 0.2) is 64.2 Å². The number of amides is 1. The van der Waals surface area contributed by atoms with E-state index in [4.69, 9.17) is 9.47 Å². The molecule has 0 heterocycles. The van der Waals surface area contributed by atoms with Gasteiger partial charge in [0.2, 0.25) is 5.91 Å². The van der Waals surface area contributed by atoms with Gasteiger partial charge in [0.15, 0.2) is 11.5 Å². The maximum absolute atomic E-state index is 12.2. The Bertz CT molecular complexity index is 1230.